The summed E-state index contributed by atoms with van der Waals surface area (Å²) < 4.78 is 0. The Bertz CT molecular complexity index is 470. The highest BCUT2D eigenvalue weighted by Crippen LogP contribution is 2.26. The normalized spacial score (nSPS) is 21.8. The van der Waals surface area contributed by atoms with E-state index in [9.17, 15) is 4.79 Å². The molecule has 0 aliphatic heterocycles. The van der Waals surface area contributed by atoms with E-state index >= 15 is 0 Å². The van der Waals surface area contributed by atoms with Crippen LogP contribution >= 0.6 is 0 Å². The maximum absolute atomic E-state index is 12.5. The topological polar surface area (TPSA) is 41.1 Å². The highest BCUT2D eigenvalue weighted by Gasteiger charge is 2.25. The molecular weight excluding hydrogens is 248 g/mol. The Labute approximate surface area is 122 Å². The molecule has 1 aromatic rings. The highest BCUT2D eigenvalue weighted by molar-refractivity contribution is 6.00. The molecule has 1 fully saturated rings. The standard InChI is InChI=1S/C17H26N2O/c1-4-10-18-16-11-12(2)8-9-14(16)17(20)19-15-7-5-6-13(15)3/h8-9,11,13,15,18H,4-7,10H2,1-3H3,(H,19,20). The van der Waals surface area contributed by atoms with Gasteiger partial charge in [0, 0.05) is 18.3 Å². The summed E-state index contributed by atoms with van der Waals surface area (Å²) >= 11 is 0. The monoisotopic (exact) mass is 274 g/mol. The van der Waals surface area contributed by atoms with Crippen molar-refractivity contribution in [2.24, 2.45) is 5.92 Å². The van der Waals surface area contributed by atoms with Gasteiger partial charge in [-0.25, -0.2) is 0 Å². The summed E-state index contributed by atoms with van der Waals surface area (Å²) in [6.45, 7) is 7.30. The molecule has 110 valence electrons. The second kappa shape index (κ2) is 6.78. The number of aryl methyl sites for hydroxylation is 1. The lowest BCUT2D eigenvalue weighted by Gasteiger charge is -2.19. The van der Waals surface area contributed by atoms with E-state index in [1.807, 2.05) is 12.1 Å². The van der Waals surface area contributed by atoms with Crippen LogP contribution in [0.25, 0.3) is 0 Å². The number of benzene rings is 1. The van der Waals surface area contributed by atoms with E-state index in [1.165, 1.54) is 18.4 Å². The van der Waals surface area contributed by atoms with E-state index in [2.05, 4.69) is 37.5 Å². The van der Waals surface area contributed by atoms with Crippen LogP contribution in [0.5, 0.6) is 0 Å². The predicted molar refractivity (Wildman–Crippen MR) is 84.2 cm³/mol. The number of amides is 1. The first-order chi connectivity index (χ1) is 9.61. The number of hydrogen-bond acceptors (Lipinski definition) is 2. The largest absolute Gasteiger partial charge is 0.384 e. The molecule has 3 nitrogen and oxygen atoms in total. The molecule has 1 aliphatic carbocycles. The third kappa shape index (κ3) is 3.53. The molecule has 0 spiro atoms. The van der Waals surface area contributed by atoms with Crippen LogP contribution in [0.1, 0.15) is 55.5 Å². The van der Waals surface area contributed by atoms with Crippen LogP contribution in [0.3, 0.4) is 0 Å². The Hall–Kier alpha value is -1.51. The smallest absolute Gasteiger partial charge is 0.253 e. The fourth-order valence-electron chi connectivity index (χ4n) is 2.87. The van der Waals surface area contributed by atoms with Gasteiger partial charge in [0.2, 0.25) is 0 Å². The van der Waals surface area contributed by atoms with Crippen LogP contribution < -0.4 is 10.6 Å². The van der Waals surface area contributed by atoms with Gasteiger partial charge in [0.15, 0.2) is 0 Å². The van der Waals surface area contributed by atoms with Crippen molar-refractivity contribution in [2.75, 3.05) is 11.9 Å². The zero-order chi connectivity index (χ0) is 14.5. The molecule has 2 atom stereocenters. The summed E-state index contributed by atoms with van der Waals surface area (Å²) in [5.74, 6) is 0.652. The van der Waals surface area contributed by atoms with Crippen molar-refractivity contribution >= 4 is 11.6 Å². The third-order valence-electron chi connectivity index (χ3n) is 4.16. The SMILES string of the molecule is CCCNc1cc(C)ccc1C(=O)NC1CCCC1C. The average Bonchev–Trinajstić information content (AvgIpc) is 2.82. The lowest BCUT2D eigenvalue weighted by Crippen LogP contribution is -2.36. The Balaban J connectivity index is 2.11. The Kier molecular flexibility index (Phi) is 5.05. The van der Waals surface area contributed by atoms with E-state index < -0.39 is 0 Å². The molecule has 1 amide bonds. The van der Waals surface area contributed by atoms with E-state index in [1.54, 1.807) is 0 Å². The van der Waals surface area contributed by atoms with Crippen molar-refractivity contribution < 1.29 is 4.79 Å². The molecule has 20 heavy (non-hydrogen) atoms. The molecule has 2 N–H and O–H groups in total. The number of rotatable bonds is 5. The van der Waals surface area contributed by atoms with Gasteiger partial charge < -0.3 is 10.6 Å². The van der Waals surface area contributed by atoms with Crippen molar-refractivity contribution in [2.45, 2.75) is 52.5 Å². The molecule has 0 bridgehead atoms. The van der Waals surface area contributed by atoms with Crippen LogP contribution in [0.2, 0.25) is 0 Å². The van der Waals surface area contributed by atoms with E-state index in [0.29, 0.717) is 12.0 Å². The predicted octanol–water partition coefficient (Wildman–Crippen LogP) is 3.74. The van der Waals surface area contributed by atoms with Crippen LogP contribution in [0.15, 0.2) is 18.2 Å². The first kappa shape index (κ1) is 14.9. The van der Waals surface area contributed by atoms with Gasteiger partial charge in [0.05, 0.1) is 5.56 Å². The van der Waals surface area contributed by atoms with Crippen molar-refractivity contribution in [1.29, 1.82) is 0 Å². The summed E-state index contributed by atoms with van der Waals surface area (Å²) in [4.78, 5) is 12.5. The van der Waals surface area contributed by atoms with Crippen LogP contribution in [0.4, 0.5) is 5.69 Å². The van der Waals surface area contributed by atoms with Crippen LogP contribution in [-0.4, -0.2) is 18.5 Å². The number of hydrogen-bond donors (Lipinski definition) is 2. The summed E-state index contributed by atoms with van der Waals surface area (Å²) in [7, 11) is 0. The lowest BCUT2D eigenvalue weighted by atomic mass is 10.0. The number of carbonyl (C=O) groups excluding carboxylic acids is 1. The second-order valence-electron chi connectivity index (χ2n) is 5.96. The number of carbonyl (C=O) groups is 1. The molecule has 2 unspecified atom stereocenters. The third-order valence-corrected chi connectivity index (χ3v) is 4.16. The molecular formula is C17H26N2O. The van der Waals surface area contributed by atoms with Gasteiger partial charge in [0.1, 0.15) is 0 Å². The first-order valence-corrected chi connectivity index (χ1v) is 7.77. The summed E-state index contributed by atoms with van der Waals surface area (Å²) in [6, 6.07) is 6.33. The minimum absolute atomic E-state index is 0.0577. The van der Waals surface area contributed by atoms with E-state index in [4.69, 9.17) is 0 Å². The maximum Gasteiger partial charge on any atom is 0.253 e. The van der Waals surface area contributed by atoms with Gasteiger partial charge in [0.25, 0.3) is 5.91 Å². The van der Waals surface area contributed by atoms with Crippen molar-refractivity contribution in [3.63, 3.8) is 0 Å². The van der Waals surface area contributed by atoms with Crippen LogP contribution in [-0.2, 0) is 0 Å². The van der Waals surface area contributed by atoms with Gasteiger partial charge in [-0.15, -0.1) is 0 Å². The van der Waals surface area contributed by atoms with Gasteiger partial charge in [-0.05, 0) is 49.8 Å². The lowest BCUT2D eigenvalue weighted by molar-refractivity contribution is 0.0930. The fourth-order valence-corrected chi connectivity index (χ4v) is 2.87. The Morgan fingerprint density at radius 1 is 1.35 bits per heavy atom. The average molecular weight is 274 g/mol. The molecule has 0 heterocycles. The highest BCUT2D eigenvalue weighted by atomic mass is 16.1. The minimum Gasteiger partial charge on any atom is -0.384 e. The van der Waals surface area contributed by atoms with Gasteiger partial charge in [-0.1, -0.05) is 26.3 Å². The molecule has 3 heteroatoms. The van der Waals surface area contributed by atoms with Gasteiger partial charge in [-0.2, -0.15) is 0 Å². The van der Waals surface area contributed by atoms with Gasteiger partial charge in [-0.3, -0.25) is 4.79 Å². The zero-order valence-electron chi connectivity index (χ0n) is 12.8. The molecule has 1 aliphatic rings. The molecule has 0 saturated heterocycles. The fraction of sp³-hybridized carbons (Fsp3) is 0.588. The minimum atomic E-state index is 0.0577. The molecule has 0 radical (unpaired) electrons. The molecule has 2 rings (SSSR count). The van der Waals surface area contributed by atoms with Crippen LogP contribution in [0, 0.1) is 12.8 Å². The van der Waals surface area contributed by atoms with E-state index in [0.717, 1.165) is 30.6 Å². The molecule has 1 aromatic carbocycles. The van der Waals surface area contributed by atoms with Crippen molar-refractivity contribution in [3.05, 3.63) is 29.3 Å². The summed E-state index contributed by atoms with van der Waals surface area (Å²) in [5.41, 5.74) is 2.90. The Morgan fingerprint density at radius 3 is 2.80 bits per heavy atom. The maximum atomic E-state index is 12.5. The second-order valence-corrected chi connectivity index (χ2v) is 5.96. The van der Waals surface area contributed by atoms with E-state index in [-0.39, 0.29) is 5.91 Å². The zero-order valence-corrected chi connectivity index (χ0v) is 12.8. The number of anilines is 1. The van der Waals surface area contributed by atoms with Crippen molar-refractivity contribution in [3.8, 4) is 0 Å². The van der Waals surface area contributed by atoms with Gasteiger partial charge >= 0.3 is 0 Å². The summed E-state index contributed by atoms with van der Waals surface area (Å²) in [6.07, 6.45) is 4.60. The quantitative estimate of drug-likeness (QED) is 0.859. The Morgan fingerprint density at radius 2 is 2.15 bits per heavy atom. The first-order valence-electron chi connectivity index (χ1n) is 7.77. The molecule has 1 saturated carbocycles. The molecule has 0 aromatic heterocycles. The number of nitrogens with one attached hydrogen (secondary N) is 2. The van der Waals surface area contributed by atoms with Crippen molar-refractivity contribution in [1.82, 2.24) is 5.32 Å². The summed E-state index contributed by atoms with van der Waals surface area (Å²) in [5, 5.41) is 6.56.